The fraction of sp³-hybridized carbons (Fsp3) is 0.143. The molecule has 0 saturated heterocycles. The van der Waals surface area contributed by atoms with Crippen LogP contribution in [-0.2, 0) is 10.0 Å². The second-order valence-corrected chi connectivity index (χ2v) is 6.72. The zero-order chi connectivity index (χ0) is 15.5. The van der Waals surface area contributed by atoms with E-state index >= 15 is 0 Å². The summed E-state index contributed by atoms with van der Waals surface area (Å²) in [5.41, 5.74) is 3.88. The third kappa shape index (κ3) is 3.95. The number of nitrogens with two attached hydrogens (primary N) is 1. The summed E-state index contributed by atoms with van der Waals surface area (Å²) in [6, 6.07) is 12.9. The van der Waals surface area contributed by atoms with Gasteiger partial charge in [0, 0.05) is 16.8 Å². The molecule has 21 heavy (non-hydrogen) atoms. The number of nitrogen functional groups attached to an aromatic ring is 1. The number of anilines is 1. The van der Waals surface area contributed by atoms with Crippen molar-refractivity contribution in [1.29, 1.82) is 0 Å². The number of hydrazine groups is 1. The number of halogens is 1. The van der Waals surface area contributed by atoms with Crippen LogP contribution in [0.15, 0.2) is 53.4 Å². The van der Waals surface area contributed by atoms with Crippen molar-refractivity contribution in [3.05, 3.63) is 59.1 Å². The maximum atomic E-state index is 12.3. The van der Waals surface area contributed by atoms with Gasteiger partial charge in [0.2, 0.25) is 10.0 Å². The van der Waals surface area contributed by atoms with E-state index in [4.69, 9.17) is 17.4 Å². The van der Waals surface area contributed by atoms with Gasteiger partial charge < -0.3 is 5.43 Å². The van der Waals surface area contributed by atoms with Crippen LogP contribution >= 0.6 is 11.6 Å². The van der Waals surface area contributed by atoms with E-state index in [-0.39, 0.29) is 10.9 Å². The summed E-state index contributed by atoms with van der Waals surface area (Å²) in [7, 11) is -3.61. The monoisotopic (exact) mass is 325 g/mol. The van der Waals surface area contributed by atoms with Gasteiger partial charge >= 0.3 is 0 Å². The third-order valence-corrected chi connectivity index (χ3v) is 4.80. The Morgan fingerprint density at radius 1 is 1.14 bits per heavy atom. The molecule has 1 atom stereocenters. The molecule has 0 saturated carbocycles. The molecule has 0 fully saturated rings. The molecule has 112 valence electrons. The molecule has 2 rings (SSSR count). The van der Waals surface area contributed by atoms with Gasteiger partial charge in [-0.05, 0) is 48.9 Å². The molecule has 2 aromatic carbocycles. The lowest BCUT2D eigenvalue weighted by molar-refractivity contribution is 0.567. The van der Waals surface area contributed by atoms with Crippen LogP contribution in [0.5, 0.6) is 0 Å². The SMILES string of the molecule is CC(NS(=O)(=O)c1ccc(NN)cc1)c1cccc(Cl)c1. The van der Waals surface area contributed by atoms with Gasteiger partial charge in [-0.2, -0.15) is 0 Å². The number of benzene rings is 2. The smallest absolute Gasteiger partial charge is 0.241 e. The first-order valence-corrected chi connectivity index (χ1v) is 8.13. The van der Waals surface area contributed by atoms with Gasteiger partial charge in [-0.15, -0.1) is 0 Å². The molecule has 7 heteroatoms. The molecule has 0 aliphatic rings. The Labute approximate surface area is 129 Å². The molecule has 4 N–H and O–H groups in total. The van der Waals surface area contributed by atoms with Gasteiger partial charge in [0.25, 0.3) is 0 Å². The van der Waals surface area contributed by atoms with Crippen molar-refractivity contribution in [3.8, 4) is 0 Å². The molecule has 5 nitrogen and oxygen atoms in total. The Kier molecular flexibility index (Phi) is 4.84. The summed E-state index contributed by atoms with van der Waals surface area (Å²) in [5, 5.41) is 0.567. The quantitative estimate of drug-likeness (QED) is 0.583. The highest BCUT2D eigenvalue weighted by atomic mass is 35.5. The van der Waals surface area contributed by atoms with Crippen LogP contribution in [0, 0.1) is 0 Å². The zero-order valence-electron chi connectivity index (χ0n) is 11.4. The van der Waals surface area contributed by atoms with Crippen LogP contribution in [0.2, 0.25) is 5.02 Å². The van der Waals surface area contributed by atoms with Gasteiger partial charge in [-0.1, -0.05) is 23.7 Å². The van der Waals surface area contributed by atoms with E-state index in [9.17, 15) is 8.42 Å². The van der Waals surface area contributed by atoms with Crippen molar-refractivity contribution >= 4 is 27.3 Å². The molecular formula is C14H16ClN3O2S. The van der Waals surface area contributed by atoms with Gasteiger partial charge in [-0.3, -0.25) is 5.84 Å². The largest absolute Gasteiger partial charge is 0.324 e. The molecule has 0 amide bonds. The number of hydrogen-bond acceptors (Lipinski definition) is 4. The predicted molar refractivity (Wildman–Crippen MR) is 84.4 cm³/mol. The van der Waals surface area contributed by atoms with E-state index < -0.39 is 10.0 Å². The lowest BCUT2D eigenvalue weighted by atomic mass is 10.1. The topological polar surface area (TPSA) is 84.2 Å². The highest BCUT2D eigenvalue weighted by Gasteiger charge is 2.18. The maximum Gasteiger partial charge on any atom is 0.241 e. The van der Waals surface area contributed by atoms with Crippen molar-refractivity contribution in [2.24, 2.45) is 5.84 Å². The molecule has 1 unspecified atom stereocenters. The van der Waals surface area contributed by atoms with Gasteiger partial charge in [0.05, 0.1) is 4.90 Å². The van der Waals surface area contributed by atoms with Crippen LogP contribution < -0.4 is 16.0 Å². The normalized spacial score (nSPS) is 12.9. The number of rotatable bonds is 5. The van der Waals surface area contributed by atoms with Gasteiger partial charge in [0.1, 0.15) is 0 Å². The second-order valence-electron chi connectivity index (χ2n) is 4.57. The minimum absolute atomic E-state index is 0.176. The van der Waals surface area contributed by atoms with E-state index in [1.807, 2.05) is 6.07 Å². The summed E-state index contributed by atoms with van der Waals surface area (Å²) in [4.78, 5) is 0.176. The number of hydrogen-bond donors (Lipinski definition) is 3. The minimum Gasteiger partial charge on any atom is -0.324 e. The van der Waals surface area contributed by atoms with E-state index in [1.165, 1.54) is 12.1 Å². The first-order valence-electron chi connectivity index (χ1n) is 6.27. The predicted octanol–water partition coefficient (Wildman–Crippen LogP) is 2.67. The Morgan fingerprint density at radius 2 is 1.81 bits per heavy atom. The molecule has 2 aromatic rings. The maximum absolute atomic E-state index is 12.3. The molecule has 0 aliphatic carbocycles. The van der Waals surface area contributed by atoms with Crippen LogP contribution in [0.3, 0.4) is 0 Å². The van der Waals surface area contributed by atoms with E-state index in [2.05, 4.69) is 10.1 Å². The fourth-order valence-electron chi connectivity index (χ4n) is 1.88. The minimum atomic E-state index is -3.61. The second kappa shape index (κ2) is 6.44. The summed E-state index contributed by atoms with van der Waals surface area (Å²) in [6.45, 7) is 1.76. The van der Waals surface area contributed by atoms with Crippen LogP contribution in [-0.4, -0.2) is 8.42 Å². The van der Waals surface area contributed by atoms with E-state index in [1.54, 1.807) is 37.3 Å². The first kappa shape index (κ1) is 15.8. The van der Waals surface area contributed by atoms with Crippen molar-refractivity contribution < 1.29 is 8.42 Å². The van der Waals surface area contributed by atoms with Crippen molar-refractivity contribution in [2.75, 3.05) is 5.43 Å². The summed E-state index contributed by atoms with van der Waals surface area (Å²) >= 11 is 5.91. The molecule has 0 bridgehead atoms. The average molecular weight is 326 g/mol. The standard InChI is InChI=1S/C14H16ClN3O2S/c1-10(11-3-2-4-12(15)9-11)18-21(19,20)14-7-5-13(17-16)6-8-14/h2-10,17-18H,16H2,1H3. The summed E-state index contributed by atoms with van der Waals surface area (Å²) in [6.07, 6.45) is 0. The first-order chi connectivity index (χ1) is 9.92. The Bertz CT molecular complexity index is 717. The lowest BCUT2D eigenvalue weighted by Crippen LogP contribution is -2.26. The molecular weight excluding hydrogens is 310 g/mol. The van der Waals surface area contributed by atoms with Gasteiger partial charge in [0.15, 0.2) is 0 Å². The van der Waals surface area contributed by atoms with Crippen LogP contribution in [0.4, 0.5) is 5.69 Å². The zero-order valence-corrected chi connectivity index (χ0v) is 12.9. The average Bonchev–Trinajstić information content (AvgIpc) is 2.47. The molecule has 0 heterocycles. The highest BCUT2D eigenvalue weighted by molar-refractivity contribution is 7.89. The third-order valence-electron chi connectivity index (χ3n) is 3.01. The highest BCUT2D eigenvalue weighted by Crippen LogP contribution is 2.20. The van der Waals surface area contributed by atoms with Crippen molar-refractivity contribution in [3.63, 3.8) is 0 Å². The Morgan fingerprint density at radius 3 is 2.38 bits per heavy atom. The summed E-state index contributed by atoms with van der Waals surface area (Å²) in [5.74, 6) is 5.25. The number of sulfonamides is 1. The van der Waals surface area contributed by atoms with E-state index in [0.717, 1.165) is 5.56 Å². The fourth-order valence-corrected chi connectivity index (χ4v) is 3.31. The molecule has 0 spiro atoms. The van der Waals surface area contributed by atoms with E-state index in [0.29, 0.717) is 10.7 Å². The number of nitrogens with one attached hydrogen (secondary N) is 2. The molecule has 0 radical (unpaired) electrons. The van der Waals surface area contributed by atoms with Gasteiger partial charge in [-0.25, -0.2) is 13.1 Å². The van der Waals surface area contributed by atoms with Crippen molar-refractivity contribution in [1.82, 2.24) is 4.72 Å². The van der Waals surface area contributed by atoms with Crippen LogP contribution in [0.1, 0.15) is 18.5 Å². The lowest BCUT2D eigenvalue weighted by Gasteiger charge is -2.15. The van der Waals surface area contributed by atoms with Crippen molar-refractivity contribution in [2.45, 2.75) is 17.9 Å². The van der Waals surface area contributed by atoms with Crippen LogP contribution in [0.25, 0.3) is 0 Å². The Hall–Kier alpha value is -1.60. The summed E-state index contributed by atoms with van der Waals surface area (Å²) < 4.78 is 27.2. The molecule has 0 aliphatic heterocycles. The molecule has 0 aromatic heterocycles. The Balaban J connectivity index is 2.20.